The molecule has 1 atom stereocenters. The smallest absolute Gasteiger partial charge is 0.241 e. The molecule has 1 fully saturated rings. The van der Waals surface area contributed by atoms with Gasteiger partial charge in [0.15, 0.2) is 0 Å². The molecule has 1 aromatic carbocycles. The predicted molar refractivity (Wildman–Crippen MR) is 112 cm³/mol. The van der Waals surface area contributed by atoms with Crippen molar-refractivity contribution >= 4 is 27.5 Å². The molecule has 2 N–H and O–H groups in total. The summed E-state index contributed by atoms with van der Waals surface area (Å²) < 4.78 is 28.8. The zero-order chi connectivity index (χ0) is 21.0. The number of carbonyl (C=O) groups is 2. The van der Waals surface area contributed by atoms with Crippen molar-refractivity contribution < 1.29 is 18.0 Å². The highest BCUT2D eigenvalue weighted by molar-refractivity contribution is 7.89. The summed E-state index contributed by atoms with van der Waals surface area (Å²) in [4.78, 5) is 26.7. The number of benzene rings is 1. The van der Waals surface area contributed by atoms with E-state index in [4.69, 9.17) is 0 Å². The lowest BCUT2D eigenvalue weighted by atomic mass is 10.0. The molecule has 0 spiro atoms. The van der Waals surface area contributed by atoms with Crippen molar-refractivity contribution in [3.05, 3.63) is 23.8 Å². The average Bonchev–Trinajstić information content (AvgIpc) is 3.05. The third-order valence-electron chi connectivity index (χ3n) is 5.64. The molecule has 1 saturated heterocycles. The molecule has 0 saturated carbocycles. The van der Waals surface area contributed by atoms with Crippen molar-refractivity contribution in [1.82, 2.24) is 9.62 Å². The van der Waals surface area contributed by atoms with Crippen molar-refractivity contribution in [1.29, 1.82) is 0 Å². The standard InChI is InChI=1S/C21H31N3O4S/c1-15(2)20(21(26)24-12-5-3-4-6-13-24)23-29(27,28)17-10-11-18-16(14-17)8-7-9-19(25)22-18/h10-11,14-15,20,23H,3-9,12-13H2,1-2H3,(H,22,25). The van der Waals surface area contributed by atoms with Crippen LogP contribution in [-0.4, -0.2) is 44.3 Å². The Kier molecular flexibility index (Phi) is 6.95. The Hall–Kier alpha value is -1.93. The second-order valence-corrected chi connectivity index (χ2v) is 10.0. The predicted octanol–water partition coefficient (Wildman–Crippen LogP) is 2.67. The van der Waals surface area contributed by atoms with Gasteiger partial charge in [0, 0.05) is 25.2 Å². The van der Waals surface area contributed by atoms with Crippen molar-refractivity contribution in [2.75, 3.05) is 18.4 Å². The van der Waals surface area contributed by atoms with Crippen LogP contribution in [0.2, 0.25) is 0 Å². The summed E-state index contributed by atoms with van der Waals surface area (Å²) in [6, 6.07) is 3.93. The van der Waals surface area contributed by atoms with Gasteiger partial charge in [-0.05, 0) is 55.4 Å². The molecule has 2 amide bonds. The lowest BCUT2D eigenvalue weighted by Crippen LogP contribution is -2.51. The van der Waals surface area contributed by atoms with Gasteiger partial charge in [0.05, 0.1) is 4.90 Å². The highest BCUT2D eigenvalue weighted by atomic mass is 32.2. The van der Waals surface area contributed by atoms with E-state index in [9.17, 15) is 18.0 Å². The first-order valence-electron chi connectivity index (χ1n) is 10.5. The van der Waals surface area contributed by atoms with Gasteiger partial charge in [-0.25, -0.2) is 8.42 Å². The van der Waals surface area contributed by atoms with E-state index in [0.29, 0.717) is 38.0 Å². The lowest BCUT2D eigenvalue weighted by Gasteiger charge is -2.29. The van der Waals surface area contributed by atoms with Crippen LogP contribution in [0.5, 0.6) is 0 Å². The van der Waals surface area contributed by atoms with Crippen LogP contribution in [0.25, 0.3) is 0 Å². The molecule has 0 aliphatic carbocycles. The SMILES string of the molecule is CC(C)C(NS(=O)(=O)c1ccc2c(c1)CCCC(=O)N2)C(=O)N1CCCCCC1. The highest BCUT2D eigenvalue weighted by Crippen LogP contribution is 2.25. The van der Waals surface area contributed by atoms with E-state index in [2.05, 4.69) is 10.0 Å². The zero-order valence-corrected chi connectivity index (χ0v) is 18.1. The van der Waals surface area contributed by atoms with Crippen LogP contribution in [0.4, 0.5) is 5.69 Å². The number of sulfonamides is 1. The molecule has 2 aliphatic heterocycles. The molecule has 29 heavy (non-hydrogen) atoms. The quantitative estimate of drug-likeness (QED) is 0.764. The number of hydrogen-bond acceptors (Lipinski definition) is 4. The van der Waals surface area contributed by atoms with Gasteiger partial charge in [-0.2, -0.15) is 4.72 Å². The molecular weight excluding hydrogens is 390 g/mol. The number of likely N-dealkylation sites (tertiary alicyclic amines) is 1. The van der Waals surface area contributed by atoms with Gasteiger partial charge >= 0.3 is 0 Å². The maximum absolute atomic E-state index is 13.1. The monoisotopic (exact) mass is 421 g/mol. The summed E-state index contributed by atoms with van der Waals surface area (Å²) >= 11 is 0. The maximum Gasteiger partial charge on any atom is 0.241 e. The summed E-state index contributed by atoms with van der Waals surface area (Å²) in [5.74, 6) is -0.367. The van der Waals surface area contributed by atoms with Gasteiger partial charge in [0.25, 0.3) is 0 Å². The van der Waals surface area contributed by atoms with Crippen molar-refractivity contribution in [3.8, 4) is 0 Å². The number of amides is 2. The van der Waals surface area contributed by atoms with Crippen LogP contribution in [0, 0.1) is 5.92 Å². The van der Waals surface area contributed by atoms with Crippen LogP contribution in [0.1, 0.15) is 57.9 Å². The fraction of sp³-hybridized carbons (Fsp3) is 0.619. The van der Waals surface area contributed by atoms with E-state index in [0.717, 1.165) is 31.2 Å². The van der Waals surface area contributed by atoms with E-state index in [-0.39, 0.29) is 22.6 Å². The third kappa shape index (κ3) is 5.36. The van der Waals surface area contributed by atoms with Crippen molar-refractivity contribution in [2.24, 2.45) is 5.92 Å². The molecule has 1 aromatic rings. The number of anilines is 1. The fourth-order valence-electron chi connectivity index (χ4n) is 3.91. The van der Waals surface area contributed by atoms with Crippen LogP contribution in [0.15, 0.2) is 23.1 Å². The number of fused-ring (bicyclic) bond motifs is 1. The number of nitrogens with zero attached hydrogens (tertiary/aromatic N) is 1. The third-order valence-corrected chi connectivity index (χ3v) is 7.08. The van der Waals surface area contributed by atoms with E-state index in [1.807, 2.05) is 13.8 Å². The van der Waals surface area contributed by atoms with E-state index < -0.39 is 16.1 Å². The second-order valence-electron chi connectivity index (χ2n) is 8.30. The Balaban J connectivity index is 1.81. The molecule has 2 aliphatic rings. The molecule has 8 heteroatoms. The van der Waals surface area contributed by atoms with Crippen molar-refractivity contribution in [3.63, 3.8) is 0 Å². The Bertz CT molecular complexity index is 859. The molecular formula is C21H31N3O4S. The Morgan fingerprint density at radius 2 is 1.76 bits per heavy atom. The van der Waals surface area contributed by atoms with Gasteiger partial charge in [0.2, 0.25) is 21.8 Å². The highest BCUT2D eigenvalue weighted by Gasteiger charge is 2.32. The maximum atomic E-state index is 13.1. The van der Waals surface area contributed by atoms with E-state index >= 15 is 0 Å². The summed E-state index contributed by atoms with van der Waals surface area (Å²) in [7, 11) is -3.87. The number of nitrogens with one attached hydrogen (secondary N) is 2. The minimum atomic E-state index is -3.87. The van der Waals surface area contributed by atoms with Crippen LogP contribution < -0.4 is 10.0 Å². The first-order valence-corrected chi connectivity index (χ1v) is 12.0. The van der Waals surface area contributed by atoms with Gasteiger partial charge in [-0.3, -0.25) is 9.59 Å². The first kappa shape index (κ1) is 21.8. The Labute approximate surface area is 173 Å². The average molecular weight is 422 g/mol. The normalized spacial score (nSPS) is 19.1. The van der Waals surface area contributed by atoms with E-state index in [1.54, 1.807) is 17.0 Å². The summed E-state index contributed by atoms with van der Waals surface area (Å²) in [5.41, 5.74) is 1.46. The summed E-state index contributed by atoms with van der Waals surface area (Å²) in [5, 5.41) is 2.81. The summed E-state index contributed by atoms with van der Waals surface area (Å²) in [6.45, 7) is 5.08. The zero-order valence-electron chi connectivity index (χ0n) is 17.2. The first-order chi connectivity index (χ1) is 13.8. The number of aryl methyl sites for hydroxylation is 1. The molecule has 2 heterocycles. The summed E-state index contributed by atoms with van der Waals surface area (Å²) in [6.07, 6.45) is 5.87. The topological polar surface area (TPSA) is 95.6 Å². The second kappa shape index (κ2) is 9.26. The molecule has 0 aromatic heterocycles. The van der Waals surface area contributed by atoms with E-state index in [1.165, 1.54) is 6.07 Å². The number of carbonyl (C=O) groups excluding carboxylic acids is 2. The van der Waals surface area contributed by atoms with Crippen molar-refractivity contribution in [2.45, 2.75) is 69.7 Å². The lowest BCUT2D eigenvalue weighted by molar-refractivity contribution is -0.134. The molecule has 1 unspecified atom stereocenters. The van der Waals surface area contributed by atoms with Gasteiger partial charge in [-0.15, -0.1) is 0 Å². The van der Waals surface area contributed by atoms with Crippen LogP contribution in [0.3, 0.4) is 0 Å². The molecule has 3 rings (SSSR count). The largest absolute Gasteiger partial charge is 0.341 e. The van der Waals surface area contributed by atoms with Crippen LogP contribution in [-0.2, 0) is 26.0 Å². The van der Waals surface area contributed by atoms with Gasteiger partial charge in [-0.1, -0.05) is 26.7 Å². The fourth-order valence-corrected chi connectivity index (χ4v) is 5.30. The minimum absolute atomic E-state index is 0.0552. The Morgan fingerprint density at radius 1 is 1.07 bits per heavy atom. The molecule has 7 nitrogen and oxygen atoms in total. The van der Waals surface area contributed by atoms with Gasteiger partial charge in [0.1, 0.15) is 6.04 Å². The number of hydrogen-bond donors (Lipinski definition) is 2. The Morgan fingerprint density at radius 3 is 2.41 bits per heavy atom. The van der Waals surface area contributed by atoms with Crippen LogP contribution >= 0.6 is 0 Å². The number of rotatable bonds is 5. The minimum Gasteiger partial charge on any atom is -0.341 e. The van der Waals surface area contributed by atoms with Gasteiger partial charge < -0.3 is 10.2 Å². The molecule has 160 valence electrons. The molecule has 0 radical (unpaired) electrons. The molecule has 0 bridgehead atoms.